The molecule has 0 aromatic heterocycles. The van der Waals surface area contributed by atoms with Crippen molar-refractivity contribution in [2.24, 2.45) is 4.15 Å². The zero-order chi connectivity index (χ0) is 27.8. The van der Waals surface area contributed by atoms with Gasteiger partial charge in [-0.25, -0.2) is 4.39 Å². The van der Waals surface area contributed by atoms with Crippen LogP contribution in [0, 0.1) is 12.7 Å². The Morgan fingerprint density at radius 1 is 0.872 bits per heavy atom. The Balaban J connectivity index is 1.85. The molecule has 0 fully saturated rings. The summed E-state index contributed by atoms with van der Waals surface area (Å²) in [6.45, 7) is 6.05. The normalized spacial score (nSPS) is 16.9. The van der Waals surface area contributed by atoms with Gasteiger partial charge in [0.1, 0.15) is 0 Å². The summed E-state index contributed by atoms with van der Waals surface area (Å²) in [4.78, 5) is 2.08. The van der Waals surface area contributed by atoms with E-state index in [-0.39, 0.29) is 10.6 Å². The third kappa shape index (κ3) is 5.05. The number of nitrogens with zero attached hydrogens (tertiary/aromatic N) is 2. The summed E-state index contributed by atoms with van der Waals surface area (Å²) in [5.74, 6) is 1.16. The Hall–Kier alpha value is -3.67. The van der Waals surface area contributed by atoms with Crippen LogP contribution in [0.25, 0.3) is 0 Å². The van der Waals surface area contributed by atoms with Gasteiger partial charge >= 0.3 is 0 Å². The van der Waals surface area contributed by atoms with Gasteiger partial charge in [-0.15, -0.1) is 4.15 Å². The van der Waals surface area contributed by atoms with E-state index in [2.05, 4.69) is 24.1 Å². The molecule has 0 radical (unpaired) electrons. The molecule has 5 rings (SSSR count). The lowest BCUT2D eigenvalue weighted by atomic mass is 9.84. The van der Waals surface area contributed by atoms with Crippen LogP contribution in [-0.2, 0) is 15.4 Å². The van der Waals surface area contributed by atoms with Crippen LogP contribution in [0.5, 0.6) is 5.75 Å². The molecule has 0 saturated carbocycles. The highest BCUT2D eigenvalue weighted by atomic mass is 32.2. The third-order valence-electron chi connectivity index (χ3n) is 6.99. The van der Waals surface area contributed by atoms with Gasteiger partial charge in [0.05, 0.1) is 4.90 Å². The second kappa shape index (κ2) is 10.1. The first kappa shape index (κ1) is 26.9. The van der Waals surface area contributed by atoms with Gasteiger partial charge in [-0.05, 0) is 55.0 Å². The molecular weight excluding hydrogens is 530 g/mol. The molecule has 0 saturated heterocycles. The van der Waals surface area contributed by atoms with E-state index in [4.69, 9.17) is 4.52 Å². The van der Waals surface area contributed by atoms with Crippen molar-refractivity contribution in [3.63, 3.8) is 0 Å². The summed E-state index contributed by atoms with van der Waals surface area (Å²) in [5.41, 5.74) is 3.35. The van der Waals surface area contributed by atoms with E-state index in [0.29, 0.717) is 5.30 Å². The van der Waals surface area contributed by atoms with Crippen LogP contribution in [0.3, 0.4) is 0 Å². The second-order valence-corrected chi connectivity index (χ2v) is 14.3. The van der Waals surface area contributed by atoms with Gasteiger partial charge in [-0.2, -0.15) is 8.42 Å². The maximum Gasteiger partial charge on any atom is 0.284 e. The van der Waals surface area contributed by atoms with Gasteiger partial charge in [0.25, 0.3) is 10.0 Å². The highest BCUT2D eigenvalue weighted by Crippen LogP contribution is 2.58. The first-order valence-electron chi connectivity index (χ1n) is 12.5. The number of sulfonamides is 1. The zero-order valence-corrected chi connectivity index (χ0v) is 24.0. The Morgan fingerprint density at radius 3 is 2.15 bits per heavy atom. The van der Waals surface area contributed by atoms with Crippen molar-refractivity contribution in [2.75, 3.05) is 11.9 Å². The Labute approximate surface area is 229 Å². The lowest BCUT2D eigenvalue weighted by Crippen LogP contribution is -2.24. The van der Waals surface area contributed by atoms with Gasteiger partial charge < -0.3 is 9.42 Å². The first-order valence-corrected chi connectivity index (χ1v) is 15.7. The molecule has 0 spiro atoms. The molecule has 1 aliphatic rings. The summed E-state index contributed by atoms with van der Waals surface area (Å²) >= 11 is 0. The highest BCUT2D eigenvalue weighted by molar-refractivity contribution is 7.95. The summed E-state index contributed by atoms with van der Waals surface area (Å²) in [6, 6.07) is 29.6. The van der Waals surface area contributed by atoms with Crippen LogP contribution in [-0.4, -0.2) is 15.5 Å². The fourth-order valence-electron chi connectivity index (χ4n) is 4.86. The van der Waals surface area contributed by atoms with Crippen molar-refractivity contribution in [1.29, 1.82) is 0 Å². The van der Waals surface area contributed by atoms with Gasteiger partial charge in [-0.3, -0.25) is 0 Å². The van der Waals surface area contributed by atoms with Gasteiger partial charge in [0.15, 0.2) is 11.6 Å². The molecule has 4 aromatic carbocycles. The standard InChI is InChI=1S/C31H30FN2O3PS/c1-23-18-20-25(21-19-23)39(35,36)33-38(24-12-6-5-7-13-24,37-29-17-11-9-15-27(29)32)22-30-31(2,3)26-14-8-10-16-28(26)34(30)4/h5-22H,1-4H3. The van der Waals surface area contributed by atoms with Crippen LogP contribution in [0.2, 0.25) is 0 Å². The highest BCUT2D eigenvalue weighted by Gasteiger charge is 2.41. The quantitative estimate of drug-likeness (QED) is 0.228. The van der Waals surface area contributed by atoms with E-state index in [1.165, 1.54) is 24.3 Å². The molecule has 1 unspecified atom stereocenters. The van der Waals surface area contributed by atoms with E-state index in [1.807, 2.05) is 49.0 Å². The molecule has 1 aliphatic heterocycles. The molecule has 0 bridgehead atoms. The number of benzene rings is 4. The molecule has 200 valence electrons. The first-order chi connectivity index (χ1) is 18.5. The number of rotatable bonds is 6. The molecule has 5 nitrogen and oxygen atoms in total. The third-order valence-corrected chi connectivity index (χ3v) is 11.8. The van der Waals surface area contributed by atoms with E-state index in [1.54, 1.807) is 48.5 Å². The Kier molecular flexibility index (Phi) is 7.00. The molecule has 4 aromatic rings. The van der Waals surface area contributed by atoms with Crippen molar-refractivity contribution >= 4 is 28.3 Å². The fraction of sp³-hybridized carbons (Fsp3) is 0.161. The molecule has 8 heteroatoms. The number of fused-ring (bicyclic) bond motifs is 1. The number of aryl methyl sites for hydroxylation is 1. The monoisotopic (exact) mass is 560 g/mol. The van der Waals surface area contributed by atoms with Crippen molar-refractivity contribution < 1.29 is 17.3 Å². The molecule has 1 heterocycles. The number of para-hydroxylation sites is 2. The molecule has 1 atom stereocenters. The van der Waals surface area contributed by atoms with Crippen molar-refractivity contribution in [2.45, 2.75) is 31.1 Å². The minimum absolute atomic E-state index is 0.0475. The molecule has 39 heavy (non-hydrogen) atoms. The van der Waals surface area contributed by atoms with Crippen LogP contribution in [0.1, 0.15) is 25.0 Å². The summed E-state index contributed by atoms with van der Waals surface area (Å²) < 4.78 is 53.9. The van der Waals surface area contributed by atoms with Crippen LogP contribution in [0.4, 0.5) is 10.1 Å². The van der Waals surface area contributed by atoms with E-state index in [0.717, 1.165) is 22.5 Å². The predicted molar refractivity (Wildman–Crippen MR) is 157 cm³/mol. The van der Waals surface area contributed by atoms with Gasteiger partial charge in [0.2, 0.25) is 7.28 Å². The summed E-state index contributed by atoms with van der Waals surface area (Å²) in [6.07, 6.45) is 0. The minimum atomic E-state index is -4.22. The van der Waals surface area contributed by atoms with Crippen LogP contribution in [0.15, 0.2) is 124 Å². The maximum absolute atomic E-state index is 15.1. The number of likely N-dealkylation sites (N-methyl/N-ethyl adjacent to an activating group) is 1. The van der Waals surface area contributed by atoms with Crippen molar-refractivity contribution in [3.05, 3.63) is 132 Å². The van der Waals surface area contributed by atoms with E-state index < -0.39 is 28.5 Å². The van der Waals surface area contributed by atoms with Gasteiger partial charge in [-0.1, -0.05) is 80.1 Å². The number of hydrogen-bond donors (Lipinski definition) is 0. The predicted octanol–water partition coefficient (Wildman–Crippen LogP) is 7.61. The average Bonchev–Trinajstić information content (AvgIpc) is 3.11. The van der Waals surface area contributed by atoms with E-state index >= 15 is 4.39 Å². The number of allylic oxidation sites excluding steroid dienone is 1. The molecule has 0 aliphatic carbocycles. The minimum Gasteiger partial charge on any atom is -0.448 e. The van der Waals surface area contributed by atoms with Crippen LogP contribution >= 0.6 is 7.28 Å². The molecule has 0 N–H and O–H groups in total. The summed E-state index contributed by atoms with van der Waals surface area (Å²) in [5, 5.41) is 0.552. The van der Waals surface area contributed by atoms with Crippen molar-refractivity contribution in [3.8, 4) is 5.75 Å². The number of halogens is 1. The largest absolute Gasteiger partial charge is 0.448 e. The number of hydrogen-bond acceptors (Lipinski definition) is 4. The topological polar surface area (TPSA) is 59.0 Å². The van der Waals surface area contributed by atoms with E-state index in [9.17, 15) is 8.42 Å². The lowest BCUT2D eigenvalue weighted by Gasteiger charge is -2.29. The van der Waals surface area contributed by atoms with Crippen molar-refractivity contribution in [1.82, 2.24) is 0 Å². The lowest BCUT2D eigenvalue weighted by molar-refractivity contribution is 0.529. The fourth-order valence-corrected chi connectivity index (χ4v) is 9.88. The SMILES string of the molecule is Cc1ccc(S(=O)(=O)N=P(C=C2N(C)c3ccccc3C2(C)C)(Oc2ccccc2F)c2ccccc2)cc1. The summed E-state index contributed by atoms with van der Waals surface area (Å²) in [7, 11) is -5.87. The van der Waals surface area contributed by atoms with Crippen LogP contribution < -0.4 is 14.7 Å². The smallest absolute Gasteiger partial charge is 0.284 e. The second-order valence-electron chi connectivity index (χ2n) is 10.1. The van der Waals surface area contributed by atoms with Gasteiger partial charge in [0, 0.05) is 35.0 Å². The maximum atomic E-state index is 15.1. The Bertz CT molecular complexity index is 1720. The average molecular weight is 561 g/mol. The Morgan fingerprint density at radius 2 is 1.49 bits per heavy atom. The molecule has 0 amide bonds. The zero-order valence-electron chi connectivity index (χ0n) is 22.2. The number of anilines is 1. The molecular formula is C31H30FN2O3PS.